The summed E-state index contributed by atoms with van der Waals surface area (Å²) in [6.07, 6.45) is 0. The first-order valence-electron chi connectivity index (χ1n) is 10.00. The van der Waals surface area contributed by atoms with Crippen molar-refractivity contribution in [2.45, 2.75) is 11.8 Å². The van der Waals surface area contributed by atoms with E-state index in [-0.39, 0.29) is 23.7 Å². The van der Waals surface area contributed by atoms with Crippen molar-refractivity contribution in [2.24, 2.45) is 10.2 Å². The highest BCUT2D eigenvalue weighted by Gasteiger charge is 2.29. The Morgan fingerprint density at radius 3 is 2.50 bits per heavy atom. The monoisotopic (exact) mass is 456 g/mol. The Labute approximate surface area is 186 Å². The van der Waals surface area contributed by atoms with Gasteiger partial charge in [-0.2, -0.15) is 9.40 Å². The van der Waals surface area contributed by atoms with Crippen molar-refractivity contribution in [1.29, 1.82) is 0 Å². The standard InChI is InChI=1S/C21H24N6O4S/c1-15-20(21(22)27(25-15)16-6-4-3-5-7-16)24-23-18-14-17(30-2)8-9-19(18)32(28,29)26-10-12-31-13-11-26/h3-9,14H,10-13,22H2,1-2H3/b24-23+. The van der Waals surface area contributed by atoms with Crippen LogP contribution in [0.1, 0.15) is 5.69 Å². The number of azo groups is 1. The summed E-state index contributed by atoms with van der Waals surface area (Å²) in [5, 5.41) is 13.0. The number of sulfonamides is 1. The summed E-state index contributed by atoms with van der Waals surface area (Å²) < 4.78 is 39.9. The highest BCUT2D eigenvalue weighted by molar-refractivity contribution is 7.89. The lowest BCUT2D eigenvalue weighted by Crippen LogP contribution is -2.40. The molecule has 168 valence electrons. The van der Waals surface area contributed by atoms with E-state index in [4.69, 9.17) is 15.2 Å². The molecule has 2 N–H and O–H groups in total. The Morgan fingerprint density at radius 2 is 1.81 bits per heavy atom. The molecule has 0 radical (unpaired) electrons. The van der Waals surface area contributed by atoms with Gasteiger partial charge in [0, 0.05) is 19.2 Å². The molecular formula is C21H24N6O4S. The van der Waals surface area contributed by atoms with Crippen LogP contribution in [0.15, 0.2) is 63.7 Å². The maximum atomic E-state index is 13.2. The van der Waals surface area contributed by atoms with Gasteiger partial charge in [-0.3, -0.25) is 0 Å². The lowest BCUT2D eigenvalue weighted by atomic mass is 10.3. The summed E-state index contributed by atoms with van der Waals surface area (Å²) in [7, 11) is -2.29. The van der Waals surface area contributed by atoms with E-state index in [1.807, 2.05) is 30.3 Å². The molecule has 0 amide bonds. The maximum absolute atomic E-state index is 13.2. The largest absolute Gasteiger partial charge is 0.497 e. The smallest absolute Gasteiger partial charge is 0.245 e. The van der Waals surface area contributed by atoms with E-state index in [0.29, 0.717) is 36.2 Å². The summed E-state index contributed by atoms with van der Waals surface area (Å²) in [6, 6.07) is 14.0. The summed E-state index contributed by atoms with van der Waals surface area (Å²) in [5.41, 5.74) is 8.15. The lowest BCUT2D eigenvalue weighted by Gasteiger charge is -2.26. The van der Waals surface area contributed by atoms with Crippen molar-refractivity contribution in [3.63, 3.8) is 0 Å². The second kappa shape index (κ2) is 9.07. The normalized spacial score (nSPS) is 15.3. The predicted molar refractivity (Wildman–Crippen MR) is 119 cm³/mol. The van der Waals surface area contributed by atoms with Crippen LogP contribution in [0.25, 0.3) is 5.69 Å². The van der Waals surface area contributed by atoms with Crippen LogP contribution in [0.4, 0.5) is 17.2 Å². The van der Waals surface area contributed by atoms with E-state index in [0.717, 1.165) is 5.69 Å². The number of methoxy groups -OCH3 is 1. The van der Waals surface area contributed by atoms with E-state index >= 15 is 0 Å². The SMILES string of the molecule is COc1ccc(S(=O)(=O)N2CCOCC2)c(/N=N/c2c(C)nn(-c3ccccc3)c2N)c1. The molecule has 32 heavy (non-hydrogen) atoms. The van der Waals surface area contributed by atoms with Gasteiger partial charge in [0.25, 0.3) is 0 Å². The maximum Gasteiger partial charge on any atom is 0.245 e. The number of hydrogen-bond donors (Lipinski definition) is 1. The number of hydrogen-bond acceptors (Lipinski definition) is 8. The van der Waals surface area contributed by atoms with Crippen LogP contribution in [-0.2, 0) is 14.8 Å². The Hall–Kier alpha value is -3.28. The third-order valence-electron chi connectivity index (χ3n) is 5.08. The molecule has 0 bridgehead atoms. The first kappa shape index (κ1) is 21.9. The molecule has 1 aliphatic heterocycles. The molecule has 3 aromatic rings. The molecule has 1 saturated heterocycles. The molecule has 1 fully saturated rings. The minimum absolute atomic E-state index is 0.0376. The molecular weight excluding hydrogens is 432 g/mol. The van der Waals surface area contributed by atoms with Crippen molar-refractivity contribution in [3.05, 3.63) is 54.2 Å². The molecule has 2 aromatic carbocycles. The zero-order valence-corrected chi connectivity index (χ0v) is 18.6. The van der Waals surface area contributed by atoms with Gasteiger partial charge in [0.1, 0.15) is 16.3 Å². The quantitative estimate of drug-likeness (QED) is 0.568. The zero-order valence-electron chi connectivity index (χ0n) is 17.8. The molecule has 2 heterocycles. The van der Waals surface area contributed by atoms with Crippen LogP contribution in [-0.4, -0.2) is 55.9 Å². The second-order valence-electron chi connectivity index (χ2n) is 7.12. The molecule has 1 aliphatic rings. The average Bonchev–Trinajstić information content (AvgIpc) is 3.11. The van der Waals surface area contributed by atoms with Crippen molar-refractivity contribution in [1.82, 2.24) is 14.1 Å². The van der Waals surface area contributed by atoms with Gasteiger partial charge in [-0.15, -0.1) is 10.2 Å². The Balaban J connectivity index is 1.74. The highest BCUT2D eigenvalue weighted by Crippen LogP contribution is 2.35. The van der Waals surface area contributed by atoms with Crippen LogP contribution >= 0.6 is 0 Å². The van der Waals surface area contributed by atoms with Gasteiger partial charge in [-0.25, -0.2) is 13.1 Å². The van der Waals surface area contributed by atoms with Crippen LogP contribution in [0.5, 0.6) is 5.75 Å². The lowest BCUT2D eigenvalue weighted by molar-refractivity contribution is 0.0730. The van der Waals surface area contributed by atoms with Crippen LogP contribution < -0.4 is 10.5 Å². The van der Waals surface area contributed by atoms with Crippen molar-refractivity contribution in [2.75, 3.05) is 39.1 Å². The number of nitrogens with two attached hydrogens (primary N) is 1. The average molecular weight is 457 g/mol. The number of aryl methyl sites for hydroxylation is 1. The molecule has 1 aromatic heterocycles. The molecule has 10 nitrogen and oxygen atoms in total. The zero-order chi connectivity index (χ0) is 22.7. The fourth-order valence-electron chi connectivity index (χ4n) is 3.38. The summed E-state index contributed by atoms with van der Waals surface area (Å²) in [5.74, 6) is 0.766. The molecule has 0 aliphatic carbocycles. The Morgan fingerprint density at radius 1 is 1.09 bits per heavy atom. The number of ether oxygens (including phenoxy) is 2. The van der Waals surface area contributed by atoms with Gasteiger partial charge in [-0.1, -0.05) is 18.2 Å². The van der Waals surface area contributed by atoms with Gasteiger partial charge in [0.2, 0.25) is 10.0 Å². The van der Waals surface area contributed by atoms with Crippen LogP contribution in [0.2, 0.25) is 0 Å². The molecule has 0 atom stereocenters. The van der Waals surface area contributed by atoms with E-state index < -0.39 is 10.0 Å². The van der Waals surface area contributed by atoms with Crippen molar-refractivity contribution < 1.29 is 17.9 Å². The molecule has 0 saturated carbocycles. The van der Waals surface area contributed by atoms with Crippen LogP contribution in [0.3, 0.4) is 0 Å². The Bertz CT molecular complexity index is 1230. The fraction of sp³-hybridized carbons (Fsp3) is 0.286. The number of aromatic nitrogens is 2. The number of para-hydroxylation sites is 1. The van der Waals surface area contributed by atoms with Crippen LogP contribution in [0, 0.1) is 6.92 Å². The second-order valence-corrected chi connectivity index (χ2v) is 9.02. The van der Waals surface area contributed by atoms with E-state index in [1.54, 1.807) is 17.7 Å². The van der Waals surface area contributed by atoms with Crippen molar-refractivity contribution >= 4 is 27.2 Å². The number of nitrogens with zero attached hydrogens (tertiary/aromatic N) is 5. The number of rotatable bonds is 6. The number of benzene rings is 2. The minimum Gasteiger partial charge on any atom is -0.497 e. The topological polar surface area (TPSA) is 124 Å². The van der Waals surface area contributed by atoms with E-state index in [9.17, 15) is 8.42 Å². The van der Waals surface area contributed by atoms with Gasteiger partial charge >= 0.3 is 0 Å². The summed E-state index contributed by atoms with van der Waals surface area (Å²) >= 11 is 0. The van der Waals surface area contributed by atoms with Crippen molar-refractivity contribution in [3.8, 4) is 11.4 Å². The summed E-state index contributed by atoms with van der Waals surface area (Å²) in [6.45, 7) is 3.02. The number of anilines is 1. The van der Waals surface area contributed by atoms with Gasteiger partial charge in [0.15, 0.2) is 11.5 Å². The first-order chi connectivity index (χ1) is 15.4. The van der Waals surface area contributed by atoms with Gasteiger partial charge < -0.3 is 15.2 Å². The predicted octanol–water partition coefficient (Wildman–Crippen LogP) is 3.21. The van der Waals surface area contributed by atoms with E-state index in [2.05, 4.69) is 15.3 Å². The molecule has 0 unspecified atom stereocenters. The molecule has 0 spiro atoms. The van der Waals surface area contributed by atoms with Gasteiger partial charge in [-0.05, 0) is 31.2 Å². The Kier molecular flexibility index (Phi) is 6.21. The van der Waals surface area contributed by atoms with E-state index in [1.165, 1.54) is 23.5 Å². The first-order valence-corrected chi connectivity index (χ1v) is 11.4. The fourth-order valence-corrected chi connectivity index (χ4v) is 4.89. The number of morpholine rings is 1. The highest BCUT2D eigenvalue weighted by atomic mass is 32.2. The third kappa shape index (κ3) is 4.22. The van der Waals surface area contributed by atoms with Gasteiger partial charge in [0.05, 0.1) is 31.7 Å². The number of nitrogen functional groups attached to an aromatic ring is 1. The molecule has 4 rings (SSSR count). The minimum atomic E-state index is -3.79. The molecule has 11 heteroatoms. The summed E-state index contributed by atoms with van der Waals surface area (Å²) in [4.78, 5) is 0.0376. The third-order valence-corrected chi connectivity index (χ3v) is 7.02.